The van der Waals surface area contributed by atoms with Gasteiger partial charge in [0.25, 0.3) is 0 Å². The van der Waals surface area contributed by atoms with Crippen LogP contribution in [0.1, 0.15) is 31.9 Å². The molecule has 1 saturated heterocycles. The summed E-state index contributed by atoms with van der Waals surface area (Å²) in [5.74, 6) is 0.728. The Balaban J connectivity index is 1.90. The maximum absolute atomic E-state index is 10.8. The number of nitrogens with zero attached hydrogens (tertiary/aromatic N) is 3. The van der Waals surface area contributed by atoms with Crippen LogP contribution < -0.4 is 10.6 Å². The van der Waals surface area contributed by atoms with E-state index in [1.165, 1.54) is 11.1 Å². The van der Waals surface area contributed by atoms with Gasteiger partial charge in [0.2, 0.25) is 0 Å². The molecule has 0 bridgehead atoms. The third-order valence-corrected chi connectivity index (χ3v) is 5.05. The molecule has 0 aliphatic carbocycles. The Bertz CT molecular complexity index is 629. The van der Waals surface area contributed by atoms with E-state index in [-0.39, 0.29) is 0 Å². The fourth-order valence-corrected chi connectivity index (χ4v) is 3.33. The number of nitrogens with one attached hydrogen (secondary N) is 2. The van der Waals surface area contributed by atoms with Gasteiger partial charge in [0.1, 0.15) is 0 Å². The highest BCUT2D eigenvalue weighted by Crippen LogP contribution is 2.10. The molecule has 1 fully saturated rings. The minimum Gasteiger partial charge on any atom is -0.387 e. The molecule has 1 heterocycles. The largest absolute Gasteiger partial charge is 0.387 e. The van der Waals surface area contributed by atoms with E-state index in [0.29, 0.717) is 19.6 Å². The van der Waals surface area contributed by atoms with Crippen LogP contribution >= 0.6 is 0 Å². The number of ether oxygens (including phenoxy) is 1. The Morgan fingerprint density at radius 1 is 1.24 bits per heavy atom. The molecule has 7 nitrogen and oxygen atoms in total. The summed E-state index contributed by atoms with van der Waals surface area (Å²) >= 11 is 0. The van der Waals surface area contributed by atoms with Crippen LogP contribution in [-0.2, 0) is 17.8 Å². The van der Waals surface area contributed by atoms with Gasteiger partial charge in [0.15, 0.2) is 5.96 Å². The van der Waals surface area contributed by atoms with Crippen molar-refractivity contribution < 1.29 is 9.84 Å². The van der Waals surface area contributed by atoms with Crippen molar-refractivity contribution in [2.45, 2.75) is 39.5 Å². The minimum atomic E-state index is -0.835. The van der Waals surface area contributed by atoms with E-state index >= 15 is 0 Å². The van der Waals surface area contributed by atoms with Crippen LogP contribution in [0.25, 0.3) is 0 Å². The van der Waals surface area contributed by atoms with Crippen LogP contribution in [-0.4, -0.2) is 86.0 Å². The standard InChI is InChI=1S/C22H39N5O2/c1-5-23-21(25-17-22(3,28)18-27-10-12-29-13-11-27)24-15-19-8-7-9-20(14-19)16-26(4)6-2/h7-9,14,28H,5-6,10-13,15-18H2,1-4H3,(H2,23,24,25). The highest BCUT2D eigenvalue weighted by atomic mass is 16.5. The quantitative estimate of drug-likeness (QED) is 0.402. The normalized spacial score (nSPS) is 17.9. The fraction of sp³-hybridized carbons (Fsp3) is 0.682. The molecule has 29 heavy (non-hydrogen) atoms. The number of morpholine rings is 1. The van der Waals surface area contributed by atoms with E-state index in [1.807, 2.05) is 13.8 Å². The van der Waals surface area contributed by atoms with Gasteiger partial charge < -0.3 is 25.4 Å². The molecule has 0 saturated carbocycles. The van der Waals surface area contributed by atoms with Crippen LogP contribution in [0, 0.1) is 0 Å². The lowest BCUT2D eigenvalue weighted by Gasteiger charge is -2.34. The first-order valence-electron chi connectivity index (χ1n) is 10.7. The first-order valence-corrected chi connectivity index (χ1v) is 10.7. The zero-order valence-corrected chi connectivity index (χ0v) is 18.6. The van der Waals surface area contributed by atoms with E-state index in [4.69, 9.17) is 9.73 Å². The summed E-state index contributed by atoms with van der Waals surface area (Å²) in [4.78, 5) is 9.24. The van der Waals surface area contributed by atoms with Crippen molar-refractivity contribution >= 4 is 5.96 Å². The maximum Gasteiger partial charge on any atom is 0.191 e. The first-order chi connectivity index (χ1) is 13.9. The highest BCUT2D eigenvalue weighted by Gasteiger charge is 2.25. The molecule has 0 radical (unpaired) electrons. The Morgan fingerprint density at radius 2 is 1.97 bits per heavy atom. The topological polar surface area (TPSA) is 72.4 Å². The average molecular weight is 406 g/mol. The fourth-order valence-electron chi connectivity index (χ4n) is 3.33. The van der Waals surface area contributed by atoms with Crippen LogP contribution in [0.2, 0.25) is 0 Å². The predicted molar refractivity (Wildman–Crippen MR) is 119 cm³/mol. The summed E-state index contributed by atoms with van der Waals surface area (Å²) in [6.07, 6.45) is 0. The number of hydrogen-bond donors (Lipinski definition) is 3. The molecule has 1 aliphatic rings. The SMILES string of the molecule is CCNC(=NCc1cccc(CN(C)CC)c1)NCC(C)(O)CN1CCOCC1. The van der Waals surface area contributed by atoms with E-state index in [2.05, 4.69) is 58.7 Å². The summed E-state index contributed by atoms with van der Waals surface area (Å²) in [6, 6.07) is 8.58. The van der Waals surface area contributed by atoms with Gasteiger partial charge in [0, 0.05) is 39.3 Å². The van der Waals surface area contributed by atoms with Crippen LogP contribution in [0.3, 0.4) is 0 Å². The molecule has 3 N–H and O–H groups in total. The van der Waals surface area contributed by atoms with Gasteiger partial charge in [-0.25, -0.2) is 4.99 Å². The molecule has 7 heteroatoms. The van der Waals surface area contributed by atoms with Gasteiger partial charge in [-0.2, -0.15) is 0 Å². The molecular formula is C22H39N5O2. The third-order valence-electron chi connectivity index (χ3n) is 5.05. The van der Waals surface area contributed by atoms with Gasteiger partial charge >= 0.3 is 0 Å². The zero-order chi connectivity index (χ0) is 21.1. The van der Waals surface area contributed by atoms with Crippen molar-refractivity contribution in [3.05, 3.63) is 35.4 Å². The van der Waals surface area contributed by atoms with Crippen LogP contribution in [0.5, 0.6) is 0 Å². The number of rotatable bonds is 10. The summed E-state index contributed by atoms with van der Waals surface area (Å²) in [5.41, 5.74) is 1.65. The second-order valence-corrected chi connectivity index (χ2v) is 8.08. The molecular weight excluding hydrogens is 366 g/mol. The van der Waals surface area contributed by atoms with Crippen molar-refractivity contribution in [1.29, 1.82) is 0 Å². The molecule has 2 rings (SSSR count). The van der Waals surface area contributed by atoms with Crippen molar-refractivity contribution in [2.24, 2.45) is 4.99 Å². The molecule has 0 amide bonds. The average Bonchev–Trinajstić information content (AvgIpc) is 2.70. The van der Waals surface area contributed by atoms with Crippen LogP contribution in [0.15, 0.2) is 29.3 Å². The summed E-state index contributed by atoms with van der Waals surface area (Å²) in [5, 5.41) is 17.4. The third kappa shape index (κ3) is 9.12. The smallest absolute Gasteiger partial charge is 0.191 e. The van der Waals surface area contributed by atoms with E-state index in [9.17, 15) is 5.11 Å². The molecule has 1 aromatic carbocycles. The number of β-amino-alcohol motifs (C(OH)–C–C–N with tert-alkyl or cyclic N) is 1. The summed E-state index contributed by atoms with van der Waals surface area (Å²) < 4.78 is 5.38. The summed E-state index contributed by atoms with van der Waals surface area (Å²) in [6.45, 7) is 13.7. The van der Waals surface area contributed by atoms with Gasteiger partial charge in [-0.1, -0.05) is 31.2 Å². The van der Waals surface area contributed by atoms with Gasteiger partial charge in [0.05, 0.1) is 25.4 Å². The number of aliphatic hydroxyl groups is 1. The summed E-state index contributed by atoms with van der Waals surface area (Å²) in [7, 11) is 2.13. The van der Waals surface area contributed by atoms with Crippen molar-refractivity contribution in [1.82, 2.24) is 20.4 Å². The number of benzene rings is 1. The van der Waals surface area contributed by atoms with Crippen molar-refractivity contribution in [2.75, 3.05) is 59.5 Å². The van der Waals surface area contributed by atoms with E-state index in [1.54, 1.807) is 0 Å². The first kappa shape index (κ1) is 23.6. The molecule has 164 valence electrons. The Labute approximate surface area is 176 Å². The predicted octanol–water partition coefficient (Wildman–Crippen LogP) is 1.28. The minimum absolute atomic E-state index is 0.442. The highest BCUT2D eigenvalue weighted by molar-refractivity contribution is 5.79. The van der Waals surface area contributed by atoms with Crippen molar-refractivity contribution in [3.8, 4) is 0 Å². The Morgan fingerprint density at radius 3 is 2.66 bits per heavy atom. The van der Waals surface area contributed by atoms with Crippen molar-refractivity contribution in [3.63, 3.8) is 0 Å². The van der Waals surface area contributed by atoms with Gasteiger partial charge in [-0.15, -0.1) is 0 Å². The molecule has 1 unspecified atom stereocenters. The van der Waals surface area contributed by atoms with E-state index in [0.717, 1.165) is 51.9 Å². The lowest BCUT2D eigenvalue weighted by molar-refractivity contribution is -0.0201. The molecule has 1 aromatic rings. The number of hydrogen-bond acceptors (Lipinski definition) is 5. The molecule has 1 atom stereocenters. The lowest BCUT2D eigenvalue weighted by Crippen LogP contribution is -2.52. The van der Waals surface area contributed by atoms with Gasteiger partial charge in [-0.05, 0) is 38.6 Å². The lowest BCUT2D eigenvalue weighted by atomic mass is 10.1. The molecule has 1 aliphatic heterocycles. The molecule has 0 spiro atoms. The Hall–Kier alpha value is -1.67. The molecule has 0 aromatic heterocycles. The Kier molecular flexibility index (Phi) is 9.87. The van der Waals surface area contributed by atoms with Crippen LogP contribution in [0.4, 0.5) is 0 Å². The zero-order valence-electron chi connectivity index (χ0n) is 18.6. The van der Waals surface area contributed by atoms with Gasteiger partial charge in [-0.3, -0.25) is 4.90 Å². The number of aliphatic imine (C=N–C) groups is 1. The maximum atomic E-state index is 10.8. The number of guanidine groups is 1. The van der Waals surface area contributed by atoms with E-state index < -0.39 is 5.60 Å². The second-order valence-electron chi connectivity index (χ2n) is 8.08. The second kappa shape index (κ2) is 12.1. The monoisotopic (exact) mass is 405 g/mol.